The highest BCUT2D eigenvalue weighted by atomic mass is 14.5. The first-order valence-corrected chi connectivity index (χ1v) is 3.62. The van der Waals surface area contributed by atoms with Gasteiger partial charge < -0.3 is 5.73 Å². The number of hydrogen-bond donors (Lipinski definition) is 1. The average Bonchev–Trinajstić information content (AvgIpc) is 2.46. The predicted molar refractivity (Wildman–Crippen MR) is 56.3 cm³/mol. The van der Waals surface area contributed by atoms with Crippen LogP contribution in [0.25, 0.3) is 11.1 Å². The maximum Gasteiger partial charge on any atom is 0.0645 e. The van der Waals surface area contributed by atoms with Crippen molar-refractivity contribution in [2.24, 2.45) is 0 Å². The van der Waals surface area contributed by atoms with Crippen LogP contribution in [0.1, 0.15) is 11.0 Å². The molecule has 1 nitrogen and oxygen atoms in total. The molecule has 0 atom stereocenters. The molecule has 2 aromatic rings. The van der Waals surface area contributed by atoms with Gasteiger partial charge in [0.25, 0.3) is 0 Å². The van der Waals surface area contributed by atoms with Crippen LogP contribution in [-0.4, -0.2) is 0 Å². The van der Waals surface area contributed by atoms with Crippen molar-refractivity contribution in [1.82, 2.24) is 0 Å². The van der Waals surface area contributed by atoms with Crippen LogP contribution in [0.5, 0.6) is 0 Å². The van der Waals surface area contributed by atoms with E-state index < -0.39 is 42.3 Å². The van der Waals surface area contributed by atoms with Gasteiger partial charge in [-0.05, 0) is 23.2 Å². The van der Waals surface area contributed by atoms with Crippen molar-refractivity contribution in [3.05, 3.63) is 54.4 Å². The van der Waals surface area contributed by atoms with Crippen molar-refractivity contribution >= 4 is 5.69 Å². The molecular formula is C12H11N. The Balaban J connectivity index is 2.93. The number of nitrogen functional groups attached to an aromatic ring is 1. The van der Waals surface area contributed by atoms with Crippen LogP contribution in [0.4, 0.5) is 5.69 Å². The van der Waals surface area contributed by atoms with E-state index in [2.05, 4.69) is 0 Å². The van der Waals surface area contributed by atoms with Gasteiger partial charge in [0.05, 0.1) is 11.0 Å². The third-order valence-corrected chi connectivity index (χ3v) is 1.46. The lowest BCUT2D eigenvalue weighted by molar-refractivity contribution is 1.61. The van der Waals surface area contributed by atoms with E-state index in [9.17, 15) is 0 Å². The summed E-state index contributed by atoms with van der Waals surface area (Å²) < 4.78 is 61.7. The summed E-state index contributed by atoms with van der Waals surface area (Å²) in [6, 6.07) is -2.28. The SMILES string of the molecule is [2H]c1cc(-c2c([2H])c([2H])c(N)c([2H])c2[2H])c([2H])c([2H])c1[2H]. The summed E-state index contributed by atoms with van der Waals surface area (Å²) in [7, 11) is 0. The van der Waals surface area contributed by atoms with Crippen molar-refractivity contribution in [1.29, 1.82) is 0 Å². The number of benzene rings is 2. The van der Waals surface area contributed by atoms with E-state index in [1.165, 1.54) is 0 Å². The Bertz CT molecular complexity index is 727. The molecule has 0 radical (unpaired) electrons. The largest absolute Gasteiger partial charge is 0.399 e. The summed E-state index contributed by atoms with van der Waals surface area (Å²) in [6.07, 6.45) is 0. The lowest BCUT2D eigenvalue weighted by Gasteiger charge is -2.00. The Morgan fingerprint density at radius 3 is 2.38 bits per heavy atom. The van der Waals surface area contributed by atoms with E-state index in [-0.39, 0.29) is 22.9 Å². The molecule has 2 N–H and O–H groups in total. The van der Waals surface area contributed by atoms with E-state index in [4.69, 9.17) is 16.7 Å². The van der Waals surface area contributed by atoms with E-state index >= 15 is 0 Å². The first-order chi connectivity index (χ1) is 9.68. The van der Waals surface area contributed by atoms with Gasteiger partial charge in [-0.2, -0.15) is 0 Å². The van der Waals surface area contributed by atoms with Crippen LogP contribution in [0.3, 0.4) is 0 Å². The zero-order chi connectivity index (χ0) is 16.1. The Morgan fingerprint density at radius 2 is 1.62 bits per heavy atom. The van der Waals surface area contributed by atoms with Crippen molar-refractivity contribution in [2.45, 2.75) is 0 Å². The molecule has 0 aliphatic rings. The Morgan fingerprint density at radius 1 is 0.846 bits per heavy atom. The Labute approximate surface area is 89.1 Å². The molecular weight excluding hydrogens is 158 g/mol. The zero-order valence-corrected chi connectivity index (χ0v) is 6.65. The van der Waals surface area contributed by atoms with Gasteiger partial charge in [0.1, 0.15) is 0 Å². The van der Waals surface area contributed by atoms with Gasteiger partial charge in [-0.3, -0.25) is 0 Å². The summed E-state index contributed by atoms with van der Waals surface area (Å²) in [5.41, 5.74) is 4.92. The van der Waals surface area contributed by atoms with Crippen molar-refractivity contribution in [3.63, 3.8) is 0 Å². The third-order valence-electron chi connectivity index (χ3n) is 1.46. The van der Waals surface area contributed by atoms with Crippen LogP contribution in [0.15, 0.2) is 54.4 Å². The predicted octanol–water partition coefficient (Wildman–Crippen LogP) is 2.94. The molecule has 0 fully saturated rings. The Kier molecular flexibility index (Phi) is 0.734. The summed E-state index contributed by atoms with van der Waals surface area (Å²) in [6.45, 7) is 0. The fourth-order valence-electron chi connectivity index (χ4n) is 0.871. The van der Waals surface area contributed by atoms with Gasteiger partial charge in [-0.1, -0.05) is 42.3 Å². The van der Waals surface area contributed by atoms with E-state index in [1.54, 1.807) is 0 Å². The minimum atomic E-state index is -0.494. The lowest BCUT2D eigenvalue weighted by Crippen LogP contribution is -1.83. The highest BCUT2D eigenvalue weighted by molar-refractivity contribution is 5.65. The first-order valence-electron chi connectivity index (χ1n) is 7.62. The summed E-state index contributed by atoms with van der Waals surface area (Å²) in [4.78, 5) is 0. The van der Waals surface area contributed by atoms with Gasteiger partial charge >= 0.3 is 0 Å². The molecule has 0 saturated heterocycles. The summed E-state index contributed by atoms with van der Waals surface area (Å²) in [5, 5.41) is 0. The molecule has 2 rings (SSSR count). The molecule has 13 heavy (non-hydrogen) atoms. The van der Waals surface area contributed by atoms with E-state index in [0.29, 0.717) is 0 Å². The summed E-state index contributed by atoms with van der Waals surface area (Å²) in [5.74, 6) is 0. The van der Waals surface area contributed by atoms with Gasteiger partial charge in [0, 0.05) is 5.69 Å². The standard InChI is InChI=1S/C12H11N/c13-12-8-6-11(7-9-12)10-4-2-1-3-5-10/h1-9H,13H2/i1D,2D,3D,4D,6D,7D,8D,9D. The summed E-state index contributed by atoms with van der Waals surface area (Å²) >= 11 is 0. The highest BCUT2D eigenvalue weighted by Gasteiger charge is 1.94. The zero-order valence-electron chi connectivity index (χ0n) is 14.7. The second-order valence-electron chi connectivity index (χ2n) is 2.37. The number of rotatable bonds is 1. The van der Waals surface area contributed by atoms with Gasteiger partial charge in [0.15, 0.2) is 0 Å². The fraction of sp³-hybridized carbons (Fsp3) is 0. The monoisotopic (exact) mass is 177 g/mol. The number of hydrogen-bond acceptors (Lipinski definition) is 1. The average molecular weight is 177 g/mol. The quantitative estimate of drug-likeness (QED) is 0.666. The molecule has 0 aliphatic heterocycles. The normalized spacial score (nSPS) is 18.5. The van der Waals surface area contributed by atoms with Crippen LogP contribution in [0, 0.1) is 0 Å². The van der Waals surface area contributed by atoms with Crippen molar-refractivity contribution in [2.75, 3.05) is 5.73 Å². The molecule has 0 bridgehead atoms. The number of nitrogens with two attached hydrogens (primary N) is 1. The Hall–Kier alpha value is -1.76. The third kappa shape index (κ3) is 1.70. The minimum absolute atomic E-state index is 0.0852. The second kappa shape index (κ2) is 3.31. The molecule has 0 aromatic heterocycles. The topological polar surface area (TPSA) is 26.0 Å². The molecule has 0 saturated carbocycles. The fourth-order valence-corrected chi connectivity index (χ4v) is 0.871. The smallest absolute Gasteiger partial charge is 0.0645 e. The van der Waals surface area contributed by atoms with Crippen LogP contribution >= 0.6 is 0 Å². The molecule has 0 unspecified atom stereocenters. The van der Waals surface area contributed by atoms with Crippen molar-refractivity contribution in [3.8, 4) is 11.1 Å². The van der Waals surface area contributed by atoms with Crippen LogP contribution in [-0.2, 0) is 0 Å². The van der Waals surface area contributed by atoms with Gasteiger partial charge in [0.2, 0.25) is 0 Å². The molecule has 0 amide bonds. The molecule has 2 aromatic carbocycles. The van der Waals surface area contributed by atoms with E-state index in [1.807, 2.05) is 0 Å². The second-order valence-corrected chi connectivity index (χ2v) is 2.37. The van der Waals surface area contributed by atoms with Crippen LogP contribution in [0.2, 0.25) is 0 Å². The molecule has 0 spiro atoms. The van der Waals surface area contributed by atoms with Gasteiger partial charge in [-0.25, -0.2) is 0 Å². The minimum Gasteiger partial charge on any atom is -0.399 e. The van der Waals surface area contributed by atoms with E-state index in [0.717, 1.165) is 6.07 Å². The highest BCUT2D eigenvalue weighted by Crippen LogP contribution is 2.19. The maximum atomic E-state index is 7.88. The lowest BCUT2D eigenvalue weighted by atomic mass is 10.1. The first kappa shape index (κ1) is 2.88. The molecule has 0 aliphatic carbocycles. The van der Waals surface area contributed by atoms with Crippen molar-refractivity contribution < 1.29 is 11.0 Å². The molecule has 0 heterocycles. The number of anilines is 1. The van der Waals surface area contributed by atoms with Gasteiger partial charge in [-0.15, -0.1) is 0 Å². The molecule has 1 heteroatoms. The molecule has 64 valence electrons. The van der Waals surface area contributed by atoms with Crippen LogP contribution < -0.4 is 5.73 Å². The maximum absolute atomic E-state index is 7.88.